The third-order valence-electron chi connectivity index (χ3n) is 4.53. The lowest BCUT2D eigenvalue weighted by molar-refractivity contribution is -0.155. The summed E-state index contributed by atoms with van der Waals surface area (Å²) in [6, 6.07) is 9.39. The summed E-state index contributed by atoms with van der Waals surface area (Å²) in [6.07, 6.45) is 0.555. The number of carbonyl (C=O) groups is 3. The molecule has 1 aliphatic heterocycles. The summed E-state index contributed by atoms with van der Waals surface area (Å²) in [5.74, 6) is 0.450. The zero-order valence-corrected chi connectivity index (χ0v) is 17.3. The standard InChI is InChI=1S/C21H23NO6S/c1-4-26-16-9-7-15(8-10-16)19(24)13(2)28-21(25)17-12-29-20(22(17)14(3)23)18-6-5-11-27-18/h5-11,13,17,20H,4,12H2,1-3H3/t13-,17-,20+/m0/s1. The van der Waals surface area contributed by atoms with Crippen LogP contribution in [-0.4, -0.2) is 47.1 Å². The van der Waals surface area contributed by atoms with Crippen molar-refractivity contribution in [2.45, 2.75) is 38.3 Å². The van der Waals surface area contributed by atoms with E-state index in [1.54, 1.807) is 36.4 Å². The molecule has 1 saturated heterocycles. The maximum absolute atomic E-state index is 12.7. The quantitative estimate of drug-likeness (QED) is 0.504. The van der Waals surface area contributed by atoms with Crippen molar-refractivity contribution in [1.82, 2.24) is 4.90 Å². The summed E-state index contributed by atoms with van der Waals surface area (Å²) < 4.78 is 16.2. The summed E-state index contributed by atoms with van der Waals surface area (Å²) in [5, 5.41) is -0.392. The first-order valence-corrected chi connectivity index (χ1v) is 10.4. The van der Waals surface area contributed by atoms with Gasteiger partial charge in [-0.1, -0.05) is 0 Å². The van der Waals surface area contributed by atoms with E-state index in [0.717, 1.165) is 0 Å². The molecule has 0 aliphatic carbocycles. The van der Waals surface area contributed by atoms with Gasteiger partial charge in [-0.3, -0.25) is 9.59 Å². The molecule has 2 heterocycles. The number of hydrogen-bond donors (Lipinski definition) is 0. The molecule has 7 nitrogen and oxygen atoms in total. The van der Waals surface area contributed by atoms with Gasteiger partial charge in [-0.05, 0) is 50.2 Å². The van der Waals surface area contributed by atoms with Crippen LogP contribution in [-0.2, 0) is 14.3 Å². The molecule has 29 heavy (non-hydrogen) atoms. The molecule has 0 bridgehead atoms. The molecule has 154 valence electrons. The second kappa shape index (κ2) is 9.17. The van der Waals surface area contributed by atoms with Crippen LogP contribution in [0.2, 0.25) is 0 Å². The Balaban J connectivity index is 1.66. The van der Waals surface area contributed by atoms with Crippen molar-refractivity contribution in [3.8, 4) is 5.75 Å². The van der Waals surface area contributed by atoms with Gasteiger partial charge in [0.25, 0.3) is 0 Å². The van der Waals surface area contributed by atoms with Gasteiger partial charge in [0, 0.05) is 18.2 Å². The van der Waals surface area contributed by atoms with E-state index in [9.17, 15) is 14.4 Å². The third-order valence-corrected chi connectivity index (χ3v) is 5.82. The van der Waals surface area contributed by atoms with E-state index < -0.39 is 23.5 Å². The predicted molar refractivity (Wildman–Crippen MR) is 108 cm³/mol. The van der Waals surface area contributed by atoms with Crippen molar-refractivity contribution in [2.75, 3.05) is 12.4 Å². The molecule has 1 fully saturated rings. The van der Waals surface area contributed by atoms with Crippen LogP contribution < -0.4 is 4.74 Å². The van der Waals surface area contributed by atoms with Crippen molar-refractivity contribution in [3.05, 3.63) is 54.0 Å². The van der Waals surface area contributed by atoms with Crippen LogP contribution in [0, 0.1) is 0 Å². The molecule has 0 unspecified atom stereocenters. The lowest BCUT2D eigenvalue weighted by atomic mass is 10.1. The minimum absolute atomic E-state index is 0.260. The first-order valence-electron chi connectivity index (χ1n) is 9.33. The van der Waals surface area contributed by atoms with Gasteiger partial charge < -0.3 is 18.8 Å². The van der Waals surface area contributed by atoms with Gasteiger partial charge in [0.1, 0.15) is 22.9 Å². The van der Waals surface area contributed by atoms with E-state index in [1.807, 2.05) is 6.92 Å². The van der Waals surface area contributed by atoms with Gasteiger partial charge in [-0.2, -0.15) is 0 Å². The molecule has 0 saturated carbocycles. The minimum atomic E-state index is -0.970. The van der Waals surface area contributed by atoms with Crippen LogP contribution in [0.1, 0.15) is 42.3 Å². The second-order valence-electron chi connectivity index (χ2n) is 6.54. The molecule has 0 spiro atoms. The number of esters is 1. The number of benzene rings is 1. The fourth-order valence-corrected chi connectivity index (χ4v) is 4.56. The van der Waals surface area contributed by atoms with Crippen LogP contribution in [0.15, 0.2) is 47.1 Å². The molecular weight excluding hydrogens is 394 g/mol. The number of Topliss-reactive ketones (excluding diaryl/α,β-unsaturated/α-hetero) is 1. The fraction of sp³-hybridized carbons (Fsp3) is 0.381. The highest BCUT2D eigenvalue weighted by Gasteiger charge is 2.43. The van der Waals surface area contributed by atoms with Crippen LogP contribution in [0.4, 0.5) is 0 Å². The maximum Gasteiger partial charge on any atom is 0.330 e. The zero-order valence-electron chi connectivity index (χ0n) is 16.5. The Labute approximate surface area is 173 Å². The highest BCUT2D eigenvalue weighted by molar-refractivity contribution is 7.99. The van der Waals surface area contributed by atoms with Gasteiger partial charge in [-0.15, -0.1) is 11.8 Å². The third kappa shape index (κ3) is 4.64. The van der Waals surface area contributed by atoms with E-state index in [2.05, 4.69) is 0 Å². The van der Waals surface area contributed by atoms with Gasteiger partial charge in [-0.25, -0.2) is 4.79 Å². The number of carbonyl (C=O) groups excluding carboxylic acids is 3. The van der Waals surface area contributed by atoms with E-state index in [4.69, 9.17) is 13.9 Å². The van der Waals surface area contributed by atoms with Gasteiger partial charge in [0.05, 0.1) is 12.9 Å². The Hall–Kier alpha value is -2.74. The number of amides is 1. The molecule has 0 radical (unpaired) electrons. The normalized spacial score (nSPS) is 19.6. The summed E-state index contributed by atoms with van der Waals surface area (Å²) in [7, 11) is 0. The summed E-state index contributed by atoms with van der Waals surface area (Å²) in [4.78, 5) is 39.0. The number of nitrogens with zero attached hydrogens (tertiary/aromatic N) is 1. The lowest BCUT2D eigenvalue weighted by Crippen LogP contribution is -2.44. The van der Waals surface area contributed by atoms with Gasteiger partial charge in [0.15, 0.2) is 6.10 Å². The maximum atomic E-state index is 12.7. The molecular formula is C21H23NO6S. The average Bonchev–Trinajstić information content (AvgIpc) is 3.37. The highest BCUT2D eigenvalue weighted by atomic mass is 32.2. The molecule has 1 amide bonds. The van der Waals surface area contributed by atoms with Gasteiger partial charge >= 0.3 is 5.97 Å². The van der Waals surface area contributed by atoms with Crippen molar-refractivity contribution in [3.63, 3.8) is 0 Å². The van der Waals surface area contributed by atoms with Crippen LogP contribution in [0.25, 0.3) is 0 Å². The Morgan fingerprint density at radius 1 is 1.24 bits per heavy atom. The molecule has 1 aliphatic rings. The monoisotopic (exact) mass is 417 g/mol. The second-order valence-corrected chi connectivity index (χ2v) is 7.66. The molecule has 2 aromatic rings. The van der Waals surface area contributed by atoms with Crippen molar-refractivity contribution in [2.24, 2.45) is 0 Å². The van der Waals surface area contributed by atoms with E-state index in [1.165, 1.54) is 36.8 Å². The number of rotatable bonds is 7. The minimum Gasteiger partial charge on any atom is -0.494 e. The topological polar surface area (TPSA) is 86.1 Å². The predicted octanol–water partition coefficient (Wildman–Crippen LogP) is 3.46. The SMILES string of the molecule is CCOc1ccc(C(=O)[C@H](C)OC(=O)[C@@H]2CS[C@H](c3ccco3)N2C(C)=O)cc1. The van der Waals surface area contributed by atoms with Gasteiger partial charge in [0.2, 0.25) is 11.7 Å². The fourth-order valence-electron chi connectivity index (χ4n) is 3.15. The van der Waals surface area contributed by atoms with Crippen molar-refractivity contribution < 1.29 is 28.3 Å². The molecule has 1 aromatic carbocycles. The average molecular weight is 417 g/mol. The first-order chi connectivity index (χ1) is 13.9. The van der Waals surface area contributed by atoms with Crippen LogP contribution >= 0.6 is 11.8 Å². The molecule has 3 rings (SSSR count). The van der Waals surface area contributed by atoms with Crippen molar-refractivity contribution >= 4 is 29.4 Å². The Bertz CT molecular complexity index is 864. The highest BCUT2D eigenvalue weighted by Crippen LogP contribution is 2.41. The number of hydrogen-bond acceptors (Lipinski definition) is 7. The number of ether oxygens (including phenoxy) is 2. The number of thioether (sulfide) groups is 1. The molecule has 1 aromatic heterocycles. The smallest absolute Gasteiger partial charge is 0.330 e. The summed E-state index contributed by atoms with van der Waals surface area (Å²) in [5.41, 5.74) is 0.423. The summed E-state index contributed by atoms with van der Waals surface area (Å²) >= 11 is 1.42. The van der Waals surface area contributed by atoms with Crippen LogP contribution in [0.3, 0.4) is 0 Å². The Morgan fingerprint density at radius 3 is 2.55 bits per heavy atom. The number of ketones is 1. The van der Waals surface area contributed by atoms with Crippen LogP contribution in [0.5, 0.6) is 5.75 Å². The Kier molecular flexibility index (Phi) is 6.64. The van der Waals surface area contributed by atoms with E-state index in [-0.39, 0.29) is 11.7 Å². The lowest BCUT2D eigenvalue weighted by Gasteiger charge is -2.26. The molecule has 0 N–H and O–H groups in total. The first kappa shape index (κ1) is 21.0. The molecule has 3 atom stereocenters. The van der Waals surface area contributed by atoms with E-state index >= 15 is 0 Å². The van der Waals surface area contributed by atoms with E-state index in [0.29, 0.717) is 29.4 Å². The Morgan fingerprint density at radius 2 is 1.97 bits per heavy atom. The number of furan rings is 1. The largest absolute Gasteiger partial charge is 0.494 e. The zero-order chi connectivity index (χ0) is 21.0. The van der Waals surface area contributed by atoms with Crippen molar-refractivity contribution in [1.29, 1.82) is 0 Å². The molecule has 8 heteroatoms. The summed E-state index contributed by atoms with van der Waals surface area (Å²) in [6.45, 7) is 5.34.